The molecule has 1 rings (SSSR count). The van der Waals surface area contributed by atoms with E-state index in [2.05, 4.69) is 10.6 Å². The van der Waals surface area contributed by atoms with Crippen molar-refractivity contribution < 1.29 is 39.2 Å². The van der Waals surface area contributed by atoms with Crippen molar-refractivity contribution in [2.45, 2.75) is 24.9 Å². The Labute approximate surface area is 189 Å². The number of rotatable bonds is 14. The normalized spacial score (nSPS) is 12.7. The van der Waals surface area contributed by atoms with Crippen LogP contribution in [0.5, 0.6) is 11.5 Å². The molecular formula is C20H27N3O8S. The van der Waals surface area contributed by atoms with Gasteiger partial charge in [0.15, 0.2) is 11.5 Å². The van der Waals surface area contributed by atoms with E-state index in [4.69, 9.17) is 20.7 Å². The number of carbonyl (C=O) groups excluding carboxylic acids is 2. The number of aliphatic carboxylic acids is 2. The smallest absolute Gasteiger partial charge is 0.322 e. The van der Waals surface area contributed by atoms with Crippen molar-refractivity contribution in [2.24, 2.45) is 5.73 Å². The molecule has 12 heteroatoms. The molecule has 32 heavy (non-hydrogen) atoms. The van der Waals surface area contributed by atoms with Gasteiger partial charge in [0, 0.05) is 17.9 Å². The molecule has 176 valence electrons. The Hall–Kier alpha value is -3.25. The Morgan fingerprint density at radius 2 is 1.97 bits per heavy atom. The van der Waals surface area contributed by atoms with E-state index >= 15 is 0 Å². The van der Waals surface area contributed by atoms with Gasteiger partial charge in [0.1, 0.15) is 18.6 Å². The molecule has 0 aliphatic heterocycles. The Balaban J connectivity index is 2.62. The number of carboxylic acid groups (broad SMARTS) is 2. The fourth-order valence-corrected chi connectivity index (χ4v) is 3.22. The number of amides is 2. The average Bonchev–Trinajstić information content (AvgIpc) is 2.75. The van der Waals surface area contributed by atoms with Gasteiger partial charge in [0.25, 0.3) is 0 Å². The molecule has 0 saturated carbocycles. The second kappa shape index (κ2) is 13.9. The van der Waals surface area contributed by atoms with Gasteiger partial charge in [-0.3, -0.25) is 19.2 Å². The lowest BCUT2D eigenvalue weighted by atomic mass is 10.1. The monoisotopic (exact) mass is 469 g/mol. The number of ether oxygens (including phenoxy) is 1. The molecule has 0 aliphatic rings. The maximum Gasteiger partial charge on any atom is 0.322 e. The van der Waals surface area contributed by atoms with Crippen LogP contribution in [0.1, 0.15) is 18.4 Å². The summed E-state index contributed by atoms with van der Waals surface area (Å²) in [4.78, 5) is 45.7. The predicted molar refractivity (Wildman–Crippen MR) is 118 cm³/mol. The van der Waals surface area contributed by atoms with Crippen LogP contribution in [0.4, 0.5) is 0 Å². The van der Waals surface area contributed by atoms with Crippen LogP contribution in [-0.4, -0.2) is 76.3 Å². The van der Waals surface area contributed by atoms with E-state index in [0.29, 0.717) is 11.5 Å². The summed E-state index contributed by atoms with van der Waals surface area (Å²) < 4.78 is 5.04. The van der Waals surface area contributed by atoms with Crippen LogP contribution in [0.25, 0.3) is 6.08 Å². The molecule has 2 atom stereocenters. The van der Waals surface area contributed by atoms with Gasteiger partial charge in [-0.1, -0.05) is 18.2 Å². The lowest BCUT2D eigenvalue weighted by molar-refractivity contribution is -0.139. The van der Waals surface area contributed by atoms with Crippen molar-refractivity contribution in [3.05, 3.63) is 29.8 Å². The van der Waals surface area contributed by atoms with Crippen LogP contribution in [0.3, 0.4) is 0 Å². The highest BCUT2D eigenvalue weighted by molar-refractivity contribution is 7.99. The Morgan fingerprint density at radius 3 is 2.59 bits per heavy atom. The van der Waals surface area contributed by atoms with Gasteiger partial charge < -0.3 is 36.4 Å². The van der Waals surface area contributed by atoms with Crippen LogP contribution in [0.15, 0.2) is 24.3 Å². The van der Waals surface area contributed by atoms with E-state index in [-0.39, 0.29) is 24.3 Å². The molecule has 1 aromatic carbocycles. The SMILES string of the molecule is COc1cc(C=CCSCC(NC(=O)CCC(N)C(=O)O)C(=O)NCC(=O)O)ccc1O. The van der Waals surface area contributed by atoms with Crippen LogP contribution in [0, 0.1) is 0 Å². The van der Waals surface area contributed by atoms with Crippen LogP contribution in [-0.2, 0) is 19.2 Å². The van der Waals surface area contributed by atoms with Crippen molar-refractivity contribution in [2.75, 3.05) is 25.2 Å². The van der Waals surface area contributed by atoms with Crippen molar-refractivity contribution in [3.63, 3.8) is 0 Å². The summed E-state index contributed by atoms with van der Waals surface area (Å²) in [7, 11) is 1.44. The fraction of sp³-hybridized carbons (Fsp3) is 0.400. The number of hydrogen-bond donors (Lipinski definition) is 6. The minimum absolute atomic E-state index is 0.0225. The minimum Gasteiger partial charge on any atom is -0.504 e. The molecule has 0 fully saturated rings. The van der Waals surface area contributed by atoms with Gasteiger partial charge >= 0.3 is 11.9 Å². The summed E-state index contributed by atoms with van der Waals surface area (Å²) >= 11 is 1.32. The van der Waals surface area contributed by atoms with Gasteiger partial charge in [-0.2, -0.15) is 11.8 Å². The molecular weight excluding hydrogens is 442 g/mol. The van der Waals surface area contributed by atoms with Gasteiger partial charge in [-0.05, 0) is 24.1 Å². The molecule has 7 N–H and O–H groups in total. The van der Waals surface area contributed by atoms with Crippen LogP contribution < -0.4 is 21.1 Å². The number of carboxylic acids is 2. The third-order valence-corrected chi connectivity index (χ3v) is 5.08. The average molecular weight is 470 g/mol. The molecule has 0 aliphatic carbocycles. The summed E-state index contributed by atoms with van der Waals surface area (Å²) in [5.74, 6) is -2.70. The van der Waals surface area contributed by atoms with E-state index in [9.17, 15) is 24.3 Å². The van der Waals surface area contributed by atoms with E-state index in [0.717, 1.165) is 5.56 Å². The molecule has 2 unspecified atom stereocenters. The van der Waals surface area contributed by atoms with Gasteiger partial charge in [-0.15, -0.1) is 0 Å². The Kier molecular flexibility index (Phi) is 11.7. The maximum atomic E-state index is 12.2. The molecule has 0 aromatic heterocycles. The molecule has 2 amide bonds. The van der Waals surface area contributed by atoms with Crippen molar-refractivity contribution in [1.82, 2.24) is 10.6 Å². The molecule has 1 aromatic rings. The minimum atomic E-state index is -1.23. The zero-order valence-corrected chi connectivity index (χ0v) is 18.3. The molecule has 0 saturated heterocycles. The molecule has 0 bridgehead atoms. The third-order valence-electron chi connectivity index (χ3n) is 4.08. The second-order valence-corrected chi connectivity index (χ2v) is 7.66. The quantitative estimate of drug-likeness (QED) is 0.203. The second-order valence-electron chi connectivity index (χ2n) is 6.59. The number of hydrogen-bond acceptors (Lipinski definition) is 8. The van der Waals surface area contributed by atoms with E-state index in [1.807, 2.05) is 6.08 Å². The number of thioether (sulfide) groups is 1. The number of phenolic OH excluding ortho intramolecular Hbond substituents is 1. The number of benzene rings is 1. The third kappa shape index (κ3) is 10.2. The number of methoxy groups -OCH3 is 1. The van der Waals surface area contributed by atoms with Gasteiger partial charge in [-0.25, -0.2) is 0 Å². The zero-order valence-electron chi connectivity index (χ0n) is 17.4. The zero-order chi connectivity index (χ0) is 24.1. The van der Waals surface area contributed by atoms with E-state index in [1.54, 1.807) is 18.2 Å². The molecule has 11 nitrogen and oxygen atoms in total. The highest BCUT2D eigenvalue weighted by Crippen LogP contribution is 2.26. The van der Waals surface area contributed by atoms with Crippen molar-refractivity contribution >= 4 is 41.6 Å². The number of nitrogens with two attached hydrogens (primary N) is 1. The maximum absolute atomic E-state index is 12.2. The lowest BCUT2D eigenvalue weighted by Gasteiger charge is -2.18. The van der Waals surface area contributed by atoms with Crippen molar-refractivity contribution in [1.29, 1.82) is 0 Å². The summed E-state index contributed by atoms with van der Waals surface area (Å²) in [6.07, 6.45) is 3.32. The predicted octanol–water partition coefficient (Wildman–Crippen LogP) is 0.0249. The largest absolute Gasteiger partial charge is 0.504 e. The molecule has 0 heterocycles. The van der Waals surface area contributed by atoms with Crippen molar-refractivity contribution in [3.8, 4) is 11.5 Å². The van der Waals surface area contributed by atoms with Gasteiger partial charge in [0.05, 0.1) is 7.11 Å². The summed E-state index contributed by atoms with van der Waals surface area (Å²) in [5, 5.41) is 31.8. The van der Waals surface area contributed by atoms with Crippen LogP contribution in [0.2, 0.25) is 0 Å². The first-order valence-corrected chi connectivity index (χ1v) is 10.7. The Bertz CT molecular complexity index is 846. The Morgan fingerprint density at radius 1 is 1.25 bits per heavy atom. The van der Waals surface area contributed by atoms with Gasteiger partial charge in [0.2, 0.25) is 11.8 Å². The first-order valence-electron chi connectivity index (χ1n) is 9.52. The number of nitrogens with one attached hydrogen (secondary N) is 2. The lowest BCUT2D eigenvalue weighted by Crippen LogP contribution is -2.49. The number of phenols is 1. The number of aromatic hydroxyl groups is 1. The standard InChI is InChI=1S/C20H27N3O8S/c1-31-16-9-12(4-6-15(16)24)3-2-8-32-11-14(19(28)22-10-18(26)27)23-17(25)7-5-13(21)20(29)30/h2-4,6,9,13-14,24H,5,7-8,10-11,21H2,1H3,(H,22,28)(H,23,25)(H,26,27)(H,29,30). The first-order chi connectivity index (χ1) is 15.1. The first kappa shape index (κ1) is 26.8. The fourth-order valence-electron chi connectivity index (χ4n) is 2.38. The molecule has 0 radical (unpaired) electrons. The summed E-state index contributed by atoms with van der Waals surface area (Å²) in [5.41, 5.74) is 6.16. The summed E-state index contributed by atoms with van der Waals surface area (Å²) in [6, 6.07) is 2.65. The van der Waals surface area contributed by atoms with Crippen LogP contribution >= 0.6 is 11.8 Å². The number of carbonyl (C=O) groups is 4. The highest BCUT2D eigenvalue weighted by atomic mass is 32.2. The van der Waals surface area contributed by atoms with E-state index in [1.165, 1.54) is 24.9 Å². The summed E-state index contributed by atoms with van der Waals surface area (Å²) in [6.45, 7) is -0.595. The molecule has 0 spiro atoms. The topological polar surface area (TPSA) is 188 Å². The highest BCUT2D eigenvalue weighted by Gasteiger charge is 2.22. The van der Waals surface area contributed by atoms with E-state index < -0.39 is 42.4 Å².